The van der Waals surface area contributed by atoms with Gasteiger partial charge in [0, 0.05) is 51.4 Å². The van der Waals surface area contributed by atoms with Gasteiger partial charge in [0.2, 0.25) is 0 Å². The van der Waals surface area contributed by atoms with Gasteiger partial charge in [-0.2, -0.15) is 0 Å². The van der Waals surface area contributed by atoms with Gasteiger partial charge in [-0.05, 0) is 39.0 Å². The number of H-pyrrole nitrogens is 1. The molecule has 0 bridgehead atoms. The summed E-state index contributed by atoms with van der Waals surface area (Å²) < 4.78 is 5.65. The molecule has 0 saturated carbocycles. The summed E-state index contributed by atoms with van der Waals surface area (Å²) in [6, 6.07) is 8.43. The zero-order chi connectivity index (χ0) is 21.5. The van der Waals surface area contributed by atoms with E-state index in [0.29, 0.717) is 16.3 Å². The van der Waals surface area contributed by atoms with Crippen molar-refractivity contribution in [2.45, 2.75) is 37.8 Å². The van der Waals surface area contributed by atoms with Gasteiger partial charge < -0.3 is 9.72 Å². The van der Waals surface area contributed by atoms with Crippen molar-refractivity contribution in [1.29, 1.82) is 0 Å². The van der Waals surface area contributed by atoms with Crippen molar-refractivity contribution >= 4 is 46.1 Å². The average molecular weight is 444 g/mol. The number of aromatic nitrogens is 2. The second-order valence-electron chi connectivity index (χ2n) is 8.13. The van der Waals surface area contributed by atoms with Gasteiger partial charge >= 0.3 is 6.09 Å². The van der Waals surface area contributed by atoms with E-state index in [1.807, 2.05) is 39.0 Å². The summed E-state index contributed by atoms with van der Waals surface area (Å²) in [4.78, 5) is 35.5. The second kappa shape index (κ2) is 7.96. The van der Waals surface area contributed by atoms with Gasteiger partial charge in [-0.1, -0.05) is 23.7 Å². The number of benzene rings is 1. The van der Waals surface area contributed by atoms with E-state index in [4.69, 9.17) is 16.3 Å². The summed E-state index contributed by atoms with van der Waals surface area (Å²) >= 11 is 7.60. The van der Waals surface area contributed by atoms with Crippen LogP contribution in [0, 0.1) is 0 Å². The number of pyridine rings is 1. The molecule has 3 aromatic rings. The molecule has 6 nitrogen and oxygen atoms in total. The number of fused-ring (bicyclic) bond motifs is 1. The summed E-state index contributed by atoms with van der Waals surface area (Å²) in [5.41, 5.74) is 1.50. The maximum Gasteiger partial charge on any atom is 0.412 e. The lowest BCUT2D eigenvalue weighted by atomic mass is 10.0. The van der Waals surface area contributed by atoms with Crippen LogP contribution in [0.4, 0.5) is 4.79 Å². The minimum atomic E-state index is -0.672. The number of nitrogens with one attached hydrogen (secondary N) is 1. The molecule has 3 heterocycles. The minimum absolute atomic E-state index is 0.131. The van der Waals surface area contributed by atoms with Crippen LogP contribution in [0.5, 0.6) is 0 Å². The number of hydrogen-bond donors (Lipinski definition) is 1. The molecule has 2 unspecified atom stereocenters. The predicted molar refractivity (Wildman–Crippen MR) is 119 cm³/mol. The highest BCUT2D eigenvalue weighted by Crippen LogP contribution is 2.43. The normalized spacial score (nSPS) is 19.3. The first kappa shape index (κ1) is 20.8. The molecule has 0 spiro atoms. The van der Waals surface area contributed by atoms with Crippen molar-refractivity contribution in [2.24, 2.45) is 0 Å². The Hall–Kier alpha value is -2.51. The van der Waals surface area contributed by atoms with Crippen LogP contribution in [-0.4, -0.2) is 44.1 Å². The zero-order valence-electron chi connectivity index (χ0n) is 16.9. The van der Waals surface area contributed by atoms with Crippen LogP contribution >= 0.6 is 23.4 Å². The Morgan fingerprint density at radius 1 is 1.30 bits per heavy atom. The lowest BCUT2D eigenvalue weighted by Crippen LogP contribution is -2.45. The summed E-state index contributed by atoms with van der Waals surface area (Å²) in [6.45, 7) is 5.44. The van der Waals surface area contributed by atoms with Gasteiger partial charge in [0.25, 0.3) is 0 Å². The van der Waals surface area contributed by atoms with E-state index in [1.54, 1.807) is 35.6 Å². The Labute approximate surface area is 184 Å². The van der Waals surface area contributed by atoms with Crippen LogP contribution in [0.2, 0.25) is 5.02 Å². The Kier molecular flexibility index (Phi) is 5.51. The Morgan fingerprint density at radius 3 is 2.80 bits per heavy atom. The molecule has 0 radical (unpaired) electrons. The number of aromatic amines is 1. The number of rotatable bonds is 3. The van der Waals surface area contributed by atoms with Crippen LogP contribution in [0.25, 0.3) is 10.9 Å². The van der Waals surface area contributed by atoms with E-state index in [1.165, 1.54) is 11.8 Å². The van der Waals surface area contributed by atoms with Crippen LogP contribution < -0.4 is 0 Å². The fourth-order valence-electron chi connectivity index (χ4n) is 3.51. The quantitative estimate of drug-likeness (QED) is 0.544. The van der Waals surface area contributed by atoms with E-state index in [9.17, 15) is 9.59 Å². The molecule has 2 atom stereocenters. The summed E-state index contributed by atoms with van der Waals surface area (Å²) in [5, 5.41) is 1.03. The molecule has 2 aromatic heterocycles. The molecule has 1 amide bonds. The Bertz CT molecular complexity index is 1090. The molecule has 1 aliphatic heterocycles. The molecular formula is C22H22ClN3O3S. The molecule has 30 heavy (non-hydrogen) atoms. The van der Waals surface area contributed by atoms with Crippen molar-refractivity contribution in [2.75, 3.05) is 5.75 Å². The number of ether oxygens (including phenoxy) is 1. The predicted octanol–water partition coefficient (Wildman–Crippen LogP) is 5.45. The van der Waals surface area contributed by atoms with Crippen LogP contribution in [0.1, 0.15) is 42.1 Å². The Morgan fingerprint density at radius 2 is 2.10 bits per heavy atom. The van der Waals surface area contributed by atoms with Crippen molar-refractivity contribution in [3.63, 3.8) is 0 Å². The van der Waals surface area contributed by atoms with Crippen molar-refractivity contribution in [3.8, 4) is 0 Å². The molecular weight excluding hydrogens is 422 g/mol. The van der Waals surface area contributed by atoms with E-state index in [0.717, 1.165) is 16.5 Å². The fourth-order valence-corrected chi connectivity index (χ4v) is 5.08. The summed E-state index contributed by atoms with van der Waals surface area (Å²) in [6.07, 6.45) is 4.57. The third-order valence-electron chi connectivity index (χ3n) is 4.79. The van der Waals surface area contributed by atoms with Crippen molar-refractivity contribution in [3.05, 3.63) is 65.1 Å². The van der Waals surface area contributed by atoms with Crippen LogP contribution in [0.3, 0.4) is 0 Å². The molecule has 1 aromatic carbocycles. The third-order valence-corrected chi connectivity index (χ3v) is 6.34. The standard InChI is InChI=1S/C22H22ClN3O3S/c1-22(2,3)29-21(28)26-18(12-30-20(26)13-5-4-8-24-10-13)19(27)16-11-25-17-9-14(23)6-7-15(16)17/h4-11,18,20,25H,12H2,1-3H3. The summed E-state index contributed by atoms with van der Waals surface area (Å²) in [5.74, 6) is 0.339. The van der Waals surface area contributed by atoms with Crippen molar-refractivity contribution < 1.29 is 14.3 Å². The minimum Gasteiger partial charge on any atom is -0.444 e. The first-order chi connectivity index (χ1) is 14.2. The van der Waals surface area contributed by atoms with Gasteiger partial charge in [-0.15, -0.1) is 11.8 Å². The van der Waals surface area contributed by atoms with Gasteiger partial charge in [0.15, 0.2) is 5.78 Å². The van der Waals surface area contributed by atoms with Crippen molar-refractivity contribution in [1.82, 2.24) is 14.9 Å². The van der Waals surface area contributed by atoms with Crippen LogP contribution in [-0.2, 0) is 4.74 Å². The second-order valence-corrected chi connectivity index (χ2v) is 9.68. The molecule has 8 heteroatoms. The maximum absolute atomic E-state index is 13.5. The van der Waals surface area contributed by atoms with Gasteiger partial charge in [0.05, 0.1) is 0 Å². The number of carbonyl (C=O) groups excluding carboxylic acids is 2. The van der Waals surface area contributed by atoms with Gasteiger partial charge in [-0.3, -0.25) is 14.7 Å². The lowest BCUT2D eigenvalue weighted by Gasteiger charge is -2.31. The number of ketones is 1. The van der Waals surface area contributed by atoms with E-state index >= 15 is 0 Å². The smallest absolute Gasteiger partial charge is 0.412 e. The first-order valence-corrected chi connectivity index (χ1v) is 11.0. The molecule has 1 saturated heterocycles. The number of amides is 1. The highest BCUT2D eigenvalue weighted by Gasteiger charge is 2.44. The molecule has 1 N–H and O–H groups in total. The number of carbonyl (C=O) groups is 2. The lowest BCUT2D eigenvalue weighted by molar-refractivity contribution is 0.0173. The molecule has 4 rings (SSSR count). The summed E-state index contributed by atoms with van der Waals surface area (Å²) in [7, 11) is 0. The topological polar surface area (TPSA) is 75.3 Å². The highest BCUT2D eigenvalue weighted by atomic mass is 35.5. The molecule has 0 aliphatic carbocycles. The maximum atomic E-state index is 13.5. The number of nitrogens with zero attached hydrogens (tertiary/aromatic N) is 2. The van der Waals surface area contributed by atoms with Gasteiger partial charge in [0.1, 0.15) is 17.0 Å². The number of Topliss-reactive ketones (excluding diaryl/α,β-unsaturated/α-hetero) is 1. The third kappa shape index (κ3) is 4.04. The van der Waals surface area contributed by atoms with E-state index in [-0.39, 0.29) is 11.2 Å². The van der Waals surface area contributed by atoms with E-state index in [2.05, 4.69) is 9.97 Å². The monoisotopic (exact) mass is 443 g/mol. The van der Waals surface area contributed by atoms with Crippen LogP contribution in [0.15, 0.2) is 48.9 Å². The fraction of sp³-hybridized carbons (Fsp3) is 0.318. The van der Waals surface area contributed by atoms with Gasteiger partial charge in [-0.25, -0.2) is 4.79 Å². The average Bonchev–Trinajstić information content (AvgIpc) is 3.31. The molecule has 1 fully saturated rings. The van der Waals surface area contributed by atoms with E-state index < -0.39 is 17.7 Å². The largest absolute Gasteiger partial charge is 0.444 e. The zero-order valence-corrected chi connectivity index (χ0v) is 18.5. The number of hydrogen-bond acceptors (Lipinski definition) is 5. The first-order valence-electron chi connectivity index (χ1n) is 9.58. The molecule has 156 valence electrons. The SMILES string of the molecule is CC(C)(C)OC(=O)N1C(C(=O)c2c[nH]c3cc(Cl)ccc23)CSC1c1cccnc1. The number of thioether (sulfide) groups is 1. The number of halogens is 1. The Balaban J connectivity index is 1.71. The molecule has 1 aliphatic rings. The highest BCUT2D eigenvalue weighted by molar-refractivity contribution is 7.99.